The molecule has 0 amide bonds. The summed E-state index contributed by atoms with van der Waals surface area (Å²) in [6, 6.07) is 1.56. The second kappa shape index (κ2) is 5.83. The maximum Gasteiger partial charge on any atom is 0.267 e. The van der Waals surface area contributed by atoms with E-state index in [9.17, 15) is 13.2 Å². The Balaban J connectivity index is 2.15. The van der Waals surface area contributed by atoms with Gasteiger partial charge in [0, 0.05) is 31.3 Å². The fourth-order valence-corrected chi connectivity index (χ4v) is 3.44. The molecule has 0 atom stereocenters. The van der Waals surface area contributed by atoms with Crippen LogP contribution in [0.2, 0.25) is 0 Å². The van der Waals surface area contributed by atoms with Crippen molar-refractivity contribution in [2.24, 2.45) is 0 Å². The maximum atomic E-state index is 11.8. The number of fused-ring (bicyclic) bond motifs is 1. The van der Waals surface area contributed by atoms with Crippen molar-refractivity contribution in [1.29, 1.82) is 0 Å². The molecule has 2 heterocycles. The summed E-state index contributed by atoms with van der Waals surface area (Å²) in [5, 5.41) is 7.45. The molecule has 1 aromatic heterocycles. The molecular formula is C12H19N3O3S. The van der Waals surface area contributed by atoms with Crippen molar-refractivity contribution in [3.8, 4) is 0 Å². The van der Waals surface area contributed by atoms with Gasteiger partial charge in [0.05, 0.1) is 18.0 Å². The lowest BCUT2D eigenvalue weighted by Gasteiger charge is -2.17. The monoisotopic (exact) mass is 285 g/mol. The average molecular weight is 285 g/mol. The minimum atomic E-state index is -3.08. The van der Waals surface area contributed by atoms with Gasteiger partial charge >= 0.3 is 0 Å². The van der Waals surface area contributed by atoms with Crippen molar-refractivity contribution in [3.05, 3.63) is 27.7 Å². The van der Waals surface area contributed by atoms with E-state index in [-0.39, 0.29) is 23.6 Å². The first-order valence-electron chi connectivity index (χ1n) is 6.53. The molecule has 0 radical (unpaired) electrons. The molecule has 106 valence electrons. The van der Waals surface area contributed by atoms with Gasteiger partial charge in [0.2, 0.25) is 0 Å². The Morgan fingerprint density at radius 1 is 1.42 bits per heavy atom. The molecule has 0 saturated carbocycles. The number of aromatic nitrogens is 2. The van der Waals surface area contributed by atoms with E-state index < -0.39 is 9.84 Å². The van der Waals surface area contributed by atoms with Crippen LogP contribution in [0.25, 0.3) is 0 Å². The Morgan fingerprint density at radius 3 is 2.95 bits per heavy atom. The molecule has 0 spiro atoms. The summed E-state index contributed by atoms with van der Waals surface area (Å²) in [5.74, 6) is 0.140. The summed E-state index contributed by atoms with van der Waals surface area (Å²) in [6.07, 6.45) is 1.37. The van der Waals surface area contributed by atoms with E-state index in [1.165, 1.54) is 4.68 Å². The van der Waals surface area contributed by atoms with E-state index in [1.54, 1.807) is 6.07 Å². The van der Waals surface area contributed by atoms with Crippen LogP contribution in [0.1, 0.15) is 24.6 Å². The van der Waals surface area contributed by atoms with Crippen molar-refractivity contribution >= 4 is 9.84 Å². The van der Waals surface area contributed by atoms with Gasteiger partial charge in [-0.05, 0) is 12.0 Å². The lowest BCUT2D eigenvalue weighted by Crippen LogP contribution is -2.33. The van der Waals surface area contributed by atoms with Crippen LogP contribution in [0.3, 0.4) is 0 Å². The summed E-state index contributed by atoms with van der Waals surface area (Å²) in [7, 11) is -3.08. The normalized spacial score (nSPS) is 15.2. The quantitative estimate of drug-likeness (QED) is 0.804. The highest BCUT2D eigenvalue weighted by Gasteiger charge is 2.15. The number of sulfone groups is 1. The summed E-state index contributed by atoms with van der Waals surface area (Å²) in [5.41, 5.74) is 1.59. The van der Waals surface area contributed by atoms with Crippen molar-refractivity contribution in [3.63, 3.8) is 0 Å². The zero-order valence-electron chi connectivity index (χ0n) is 11.1. The number of hydrogen-bond donors (Lipinski definition) is 1. The van der Waals surface area contributed by atoms with Crippen molar-refractivity contribution in [2.45, 2.75) is 32.9 Å². The van der Waals surface area contributed by atoms with Gasteiger partial charge < -0.3 is 5.32 Å². The van der Waals surface area contributed by atoms with Gasteiger partial charge in [-0.15, -0.1) is 0 Å². The molecule has 0 fully saturated rings. The van der Waals surface area contributed by atoms with Gasteiger partial charge in [0.25, 0.3) is 5.56 Å². The molecule has 1 N–H and O–H groups in total. The first-order valence-corrected chi connectivity index (χ1v) is 8.35. The molecule has 7 heteroatoms. The van der Waals surface area contributed by atoms with Crippen LogP contribution in [-0.4, -0.2) is 36.2 Å². The summed E-state index contributed by atoms with van der Waals surface area (Å²) >= 11 is 0. The van der Waals surface area contributed by atoms with Gasteiger partial charge in [-0.25, -0.2) is 13.1 Å². The van der Waals surface area contributed by atoms with Crippen molar-refractivity contribution in [2.75, 3.05) is 18.1 Å². The maximum absolute atomic E-state index is 11.8. The van der Waals surface area contributed by atoms with Crippen LogP contribution in [0.15, 0.2) is 10.9 Å². The van der Waals surface area contributed by atoms with Crippen LogP contribution in [-0.2, 0) is 29.3 Å². The van der Waals surface area contributed by atoms with E-state index in [1.807, 2.05) is 6.92 Å². The van der Waals surface area contributed by atoms with Crippen LogP contribution < -0.4 is 10.9 Å². The minimum absolute atomic E-state index is 0.0230. The SMILES string of the molecule is CCCS(=O)(=O)CCn1nc2c(cc1=O)CNCC2. The van der Waals surface area contributed by atoms with Gasteiger partial charge in [0.1, 0.15) is 0 Å². The highest BCUT2D eigenvalue weighted by atomic mass is 32.2. The second-order valence-corrected chi connectivity index (χ2v) is 7.06. The standard InChI is InChI=1S/C12H19N3O3S/c1-2-6-19(17,18)7-5-15-12(16)8-10-9-13-4-3-11(10)14-15/h8,13H,2-7,9H2,1H3. The molecule has 1 aliphatic heterocycles. The lowest BCUT2D eigenvalue weighted by atomic mass is 10.1. The Kier molecular flexibility index (Phi) is 4.36. The van der Waals surface area contributed by atoms with Gasteiger partial charge in [-0.2, -0.15) is 5.10 Å². The molecule has 2 rings (SSSR count). The van der Waals surface area contributed by atoms with E-state index in [0.717, 1.165) is 24.2 Å². The van der Waals surface area contributed by atoms with Crippen LogP contribution in [0.4, 0.5) is 0 Å². The van der Waals surface area contributed by atoms with Crippen LogP contribution >= 0.6 is 0 Å². The highest BCUT2D eigenvalue weighted by molar-refractivity contribution is 7.91. The molecule has 0 aromatic carbocycles. The Hall–Kier alpha value is -1.21. The number of nitrogens with one attached hydrogen (secondary N) is 1. The lowest BCUT2D eigenvalue weighted by molar-refractivity contribution is 0.542. The predicted octanol–water partition coefficient (Wildman–Crippen LogP) is -0.286. The fraction of sp³-hybridized carbons (Fsp3) is 0.667. The third kappa shape index (κ3) is 3.63. The van der Waals surface area contributed by atoms with Gasteiger partial charge in [0.15, 0.2) is 9.84 Å². The zero-order chi connectivity index (χ0) is 13.9. The molecule has 19 heavy (non-hydrogen) atoms. The molecular weight excluding hydrogens is 266 g/mol. The summed E-state index contributed by atoms with van der Waals surface area (Å²) in [6.45, 7) is 3.47. The van der Waals surface area contributed by atoms with Crippen molar-refractivity contribution in [1.82, 2.24) is 15.1 Å². The Morgan fingerprint density at radius 2 is 2.21 bits per heavy atom. The molecule has 0 aliphatic carbocycles. The number of hydrogen-bond acceptors (Lipinski definition) is 5. The topological polar surface area (TPSA) is 81.1 Å². The smallest absolute Gasteiger partial charge is 0.267 e. The first kappa shape index (κ1) is 14.2. The largest absolute Gasteiger partial charge is 0.312 e. The third-order valence-corrected chi connectivity index (χ3v) is 4.98. The zero-order valence-corrected chi connectivity index (χ0v) is 11.9. The summed E-state index contributed by atoms with van der Waals surface area (Å²) in [4.78, 5) is 11.8. The molecule has 1 aliphatic rings. The van der Waals surface area contributed by atoms with Gasteiger partial charge in [-0.1, -0.05) is 6.92 Å². The molecule has 6 nitrogen and oxygen atoms in total. The third-order valence-electron chi connectivity index (χ3n) is 3.15. The molecule has 0 unspecified atom stereocenters. The number of rotatable bonds is 5. The molecule has 1 aromatic rings. The molecule has 0 bridgehead atoms. The average Bonchev–Trinajstić information content (AvgIpc) is 2.36. The van der Waals surface area contributed by atoms with E-state index in [0.29, 0.717) is 13.0 Å². The van der Waals surface area contributed by atoms with E-state index >= 15 is 0 Å². The Bertz CT molecular complexity index is 607. The van der Waals surface area contributed by atoms with Gasteiger partial charge in [-0.3, -0.25) is 4.79 Å². The predicted molar refractivity (Wildman–Crippen MR) is 72.9 cm³/mol. The highest BCUT2D eigenvalue weighted by Crippen LogP contribution is 2.07. The number of aryl methyl sites for hydroxylation is 1. The minimum Gasteiger partial charge on any atom is -0.312 e. The second-order valence-electron chi connectivity index (χ2n) is 4.76. The Labute approximate surface area is 112 Å². The van der Waals surface area contributed by atoms with Crippen molar-refractivity contribution < 1.29 is 8.42 Å². The number of nitrogens with zero attached hydrogens (tertiary/aromatic N) is 2. The van der Waals surface area contributed by atoms with Crippen LogP contribution in [0, 0.1) is 0 Å². The molecule has 0 saturated heterocycles. The summed E-state index contributed by atoms with van der Waals surface area (Å²) < 4.78 is 24.6. The van der Waals surface area contributed by atoms with Crippen LogP contribution in [0.5, 0.6) is 0 Å². The fourth-order valence-electron chi connectivity index (χ4n) is 2.16. The van der Waals surface area contributed by atoms with E-state index in [2.05, 4.69) is 10.4 Å². The first-order chi connectivity index (χ1) is 9.02. The van der Waals surface area contributed by atoms with E-state index in [4.69, 9.17) is 0 Å².